The smallest absolute Gasteiger partial charge is 0.238 e. The summed E-state index contributed by atoms with van der Waals surface area (Å²) in [5, 5.41) is 3.94. The maximum atomic E-state index is 12.1. The van der Waals surface area contributed by atoms with Gasteiger partial charge in [0.2, 0.25) is 5.91 Å². The second kappa shape index (κ2) is 8.29. The Morgan fingerprint density at radius 1 is 1.12 bits per heavy atom. The standard InChI is InChI=1S/C18H18Cl2N2O2/c1-12(23)13-4-3-5-16(8-13)21-18(24)11-22(2)10-14-6-7-15(19)9-17(14)20/h3-9H,10-11H2,1-2H3,(H,21,24). The first-order valence-corrected chi connectivity index (χ1v) is 8.14. The van der Waals surface area contributed by atoms with Crippen molar-refractivity contribution in [2.45, 2.75) is 13.5 Å². The summed E-state index contributed by atoms with van der Waals surface area (Å²) < 4.78 is 0. The first kappa shape index (κ1) is 18.5. The molecular weight excluding hydrogens is 347 g/mol. The summed E-state index contributed by atoms with van der Waals surface area (Å²) in [4.78, 5) is 25.4. The van der Waals surface area contributed by atoms with Gasteiger partial charge in [0, 0.05) is 27.8 Å². The molecule has 0 aliphatic heterocycles. The van der Waals surface area contributed by atoms with E-state index < -0.39 is 0 Å². The summed E-state index contributed by atoms with van der Waals surface area (Å²) >= 11 is 12.0. The Balaban J connectivity index is 1.94. The molecule has 126 valence electrons. The third-order valence-electron chi connectivity index (χ3n) is 3.42. The first-order chi connectivity index (χ1) is 11.3. The Kier molecular flexibility index (Phi) is 6.37. The maximum absolute atomic E-state index is 12.1. The third-order valence-corrected chi connectivity index (χ3v) is 4.01. The van der Waals surface area contributed by atoms with Gasteiger partial charge in [-0.25, -0.2) is 0 Å². The van der Waals surface area contributed by atoms with Crippen LogP contribution in [0.1, 0.15) is 22.8 Å². The highest BCUT2D eigenvalue weighted by Gasteiger charge is 2.10. The van der Waals surface area contributed by atoms with Crippen LogP contribution in [-0.4, -0.2) is 30.2 Å². The molecule has 0 aliphatic rings. The van der Waals surface area contributed by atoms with E-state index in [9.17, 15) is 9.59 Å². The summed E-state index contributed by atoms with van der Waals surface area (Å²) in [5.41, 5.74) is 2.06. The molecule has 0 radical (unpaired) electrons. The number of amides is 1. The van der Waals surface area contributed by atoms with Crippen LogP contribution in [0.4, 0.5) is 5.69 Å². The molecule has 0 saturated carbocycles. The number of benzene rings is 2. The summed E-state index contributed by atoms with van der Waals surface area (Å²) in [7, 11) is 1.83. The number of Topliss-reactive ketones (excluding diaryl/α,β-unsaturated/α-hetero) is 1. The molecule has 0 spiro atoms. The van der Waals surface area contributed by atoms with Crippen LogP contribution in [0, 0.1) is 0 Å². The number of halogens is 2. The lowest BCUT2D eigenvalue weighted by molar-refractivity contribution is -0.117. The van der Waals surface area contributed by atoms with Gasteiger partial charge in [-0.1, -0.05) is 41.4 Å². The number of nitrogens with one attached hydrogen (secondary N) is 1. The summed E-state index contributed by atoms with van der Waals surface area (Å²) in [6.45, 7) is 2.21. The second-order valence-corrected chi connectivity index (χ2v) is 6.44. The Morgan fingerprint density at radius 3 is 2.54 bits per heavy atom. The highest BCUT2D eigenvalue weighted by molar-refractivity contribution is 6.35. The number of carbonyl (C=O) groups excluding carboxylic acids is 2. The molecule has 4 nitrogen and oxygen atoms in total. The average Bonchev–Trinajstić information content (AvgIpc) is 2.50. The van der Waals surface area contributed by atoms with Gasteiger partial charge in [0.15, 0.2) is 5.78 Å². The quantitative estimate of drug-likeness (QED) is 0.778. The van der Waals surface area contributed by atoms with Crippen LogP contribution in [0.3, 0.4) is 0 Å². The third kappa shape index (κ3) is 5.34. The molecular formula is C18H18Cl2N2O2. The number of hydrogen-bond donors (Lipinski definition) is 1. The normalized spacial score (nSPS) is 10.7. The largest absolute Gasteiger partial charge is 0.325 e. The van der Waals surface area contributed by atoms with E-state index in [2.05, 4.69) is 5.32 Å². The fraction of sp³-hybridized carbons (Fsp3) is 0.222. The molecule has 0 unspecified atom stereocenters. The lowest BCUT2D eigenvalue weighted by Crippen LogP contribution is -2.30. The van der Waals surface area contributed by atoms with Crippen LogP contribution in [0.15, 0.2) is 42.5 Å². The van der Waals surface area contributed by atoms with Crippen molar-refractivity contribution in [1.82, 2.24) is 4.90 Å². The predicted octanol–water partition coefficient (Wildman–Crippen LogP) is 4.27. The topological polar surface area (TPSA) is 49.4 Å². The maximum Gasteiger partial charge on any atom is 0.238 e. The van der Waals surface area contributed by atoms with E-state index in [1.807, 2.05) is 18.0 Å². The van der Waals surface area contributed by atoms with Gasteiger partial charge >= 0.3 is 0 Å². The van der Waals surface area contributed by atoms with Crippen LogP contribution in [0.5, 0.6) is 0 Å². The summed E-state index contributed by atoms with van der Waals surface area (Å²) in [5.74, 6) is -0.205. The van der Waals surface area contributed by atoms with E-state index in [0.29, 0.717) is 27.8 Å². The van der Waals surface area contributed by atoms with Crippen molar-refractivity contribution < 1.29 is 9.59 Å². The van der Waals surface area contributed by atoms with E-state index in [1.54, 1.807) is 36.4 Å². The SMILES string of the molecule is CC(=O)c1cccc(NC(=O)CN(C)Cc2ccc(Cl)cc2Cl)c1. The van der Waals surface area contributed by atoms with E-state index in [0.717, 1.165) is 5.56 Å². The van der Waals surface area contributed by atoms with Crippen molar-refractivity contribution in [2.75, 3.05) is 18.9 Å². The van der Waals surface area contributed by atoms with Crippen LogP contribution < -0.4 is 5.32 Å². The Bertz CT molecular complexity index is 762. The molecule has 0 aliphatic carbocycles. The predicted molar refractivity (Wildman–Crippen MR) is 97.9 cm³/mol. The number of likely N-dealkylation sites (N-methyl/N-ethyl adjacent to an activating group) is 1. The van der Waals surface area contributed by atoms with E-state index in [1.165, 1.54) is 6.92 Å². The van der Waals surface area contributed by atoms with Gasteiger partial charge < -0.3 is 5.32 Å². The Hall–Kier alpha value is -1.88. The van der Waals surface area contributed by atoms with Crippen molar-refractivity contribution in [2.24, 2.45) is 0 Å². The van der Waals surface area contributed by atoms with Crippen LogP contribution >= 0.6 is 23.2 Å². The van der Waals surface area contributed by atoms with E-state index in [-0.39, 0.29) is 18.2 Å². The van der Waals surface area contributed by atoms with Gasteiger partial charge in [-0.2, -0.15) is 0 Å². The van der Waals surface area contributed by atoms with Gasteiger partial charge in [-0.3, -0.25) is 14.5 Å². The van der Waals surface area contributed by atoms with Gasteiger partial charge in [-0.05, 0) is 43.8 Å². The molecule has 0 heterocycles. The molecule has 24 heavy (non-hydrogen) atoms. The number of carbonyl (C=O) groups is 2. The molecule has 2 aromatic rings. The molecule has 1 amide bonds. The fourth-order valence-corrected chi connectivity index (χ4v) is 2.73. The molecule has 0 atom stereocenters. The minimum Gasteiger partial charge on any atom is -0.325 e. The van der Waals surface area contributed by atoms with E-state index >= 15 is 0 Å². The van der Waals surface area contributed by atoms with Gasteiger partial charge in [0.1, 0.15) is 0 Å². The molecule has 0 fully saturated rings. The zero-order valence-corrected chi connectivity index (χ0v) is 15.0. The molecule has 2 aromatic carbocycles. The van der Waals surface area contributed by atoms with Gasteiger partial charge in [0.05, 0.1) is 6.54 Å². The van der Waals surface area contributed by atoms with Crippen LogP contribution in [0.2, 0.25) is 10.0 Å². The summed E-state index contributed by atoms with van der Waals surface area (Å²) in [6.07, 6.45) is 0. The minimum atomic E-state index is -0.164. The zero-order chi connectivity index (χ0) is 17.7. The number of nitrogens with zero attached hydrogens (tertiary/aromatic N) is 1. The highest BCUT2D eigenvalue weighted by atomic mass is 35.5. The fourth-order valence-electron chi connectivity index (χ4n) is 2.26. The zero-order valence-electron chi connectivity index (χ0n) is 13.5. The van der Waals surface area contributed by atoms with Crippen molar-refractivity contribution in [3.8, 4) is 0 Å². The molecule has 0 aromatic heterocycles. The minimum absolute atomic E-state index is 0.0411. The molecule has 2 rings (SSSR count). The Labute approximate surface area is 151 Å². The molecule has 6 heteroatoms. The summed E-state index contributed by atoms with van der Waals surface area (Å²) in [6, 6.07) is 12.2. The number of ketones is 1. The average molecular weight is 365 g/mol. The van der Waals surface area contributed by atoms with Crippen molar-refractivity contribution >= 4 is 40.6 Å². The highest BCUT2D eigenvalue weighted by Crippen LogP contribution is 2.22. The number of anilines is 1. The van der Waals surface area contributed by atoms with Crippen molar-refractivity contribution in [3.05, 3.63) is 63.6 Å². The van der Waals surface area contributed by atoms with E-state index in [4.69, 9.17) is 23.2 Å². The van der Waals surface area contributed by atoms with Crippen molar-refractivity contribution in [1.29, 1.82) is 0 Å². The molecule has 0 bridgehead atoms. The monoisotopic (exact) mass is 364 g/mol. The van der Waals surface area contributed by atoms with Crippen LogP contribution in [0.25, 0.3) is 0 Å². The van der Waals surface area contributed by atoms with Crippen LogP contribution in [-0.2, 0) is 11.3 Å². The lowest BCUT2D eigenvalue weighted by Gasteiger charge is -2.17. The van der Waals surface area contributed by atoms with Gasteiger partial charge in [-0.15, -0.1) is 0 Å². The Morgan fingerprint density at radius 2 is 1.88 bits per heavy atom. The number of hydrogen-bond acceptors (Lipinski definition) is 3. The first-order valence-electron chi connectivity index (χ1n) is 7.38. The molecule has 0 saturated heterocycles. The lowest BCUT2D eigenvalue weighted by atomic mass is 10.1. The van der Waals surface area contributed by atoms with Gasteiger partial charge in [0.25, 0.3) is 0 Å². The second-order valence-electron chi connectivity index (χ2n) is 5.59. The number of rotatable bonds is 6. The molecule has 1 N–H and O–H groups in total. The van der Waals surface area contributed by atoms with Crippen molar-refractivity contribution in [3.63, 3.8) is 0 Å².